The molecule has 4 heteroatoms. The molecule has 1 N–H and O–H groups in total. The standard InChI is InChI=1S/C25H30N2O2/c1-19-7-10-25(20(2)15-19)27-13-11-26(12-14-27)17-23(28)18-29-24-9-8-21-5-3-4-6-22(21)16-24/h3-10,15-16,23,28H,11-14,17-18H2,1-2H3/t23-/m1/s1. The van der Waals surface area contributed by atoms with Crippen molar-refractivity contribution in [1.29, 1.82) is 0 Å². The number of fused-ring (bicyclic) bond motifs is 1. The van der Waals surface area contributed by atoms with E-state index in [9.17, 15) is 5.11 Å². The van der Waals surface area contributed by atoms with Crippen LogP contribution in [0.3, 0.4) is 0 Å². The van der Waals surface area contributed by atoms with Gasteiger partial charge in [-0.1, -0.05) is 48.0 Å². The monoisotopic (exact) mass is 390 g/mol. The lowest BCUT2D eigenvalue weighted by Crippen LogP contribution is -2.49. The number of aliphatic hydroxyl groups is 1. The fourth-order valence-corrected chi connectivity index (χ4v) is 4.13. The smallest absolute Gasteiger partial charge is 0.120 e. The molecule has 0 spiro atoms. The minimum Gasteiger partial charge on any atom is -0.491 e. The Kier molecular flexibility index (Phi) is 6.02. The summed E-state index contributed by atoms with van der Waals surface area (Å²) in [5.74, 6) is 0.808. The molecule has 3 aromatic carbocycles. The van der Waals surface area contributed by atoms with Crippen LogP contribution in [0, 0.1) is 13.8 Å². The van der Waals surface area contributed by atoms with Crippen molar-refractivity contribution in [2.75, 3.05) is 44.2 Å². The number of ether oxygens (including phenoxy) is 1. The van der Waals surface area contributed by atoms with Crippen LogP contribution in [0.1, 0.15) is 11.1 Å². The van der Waals surface area contributed by atoms with Crippen molar-refractivity contribution >= 4 is 16.5 Å². The first-order valence-electron chi connectivity index (χ1n) is 10.4. The van der Waals surface area contributed by atoms with Gasteiger partial charge in [0.05, 0.1) is 0 Å². The molecule has 1 aliphatic heterocycles. The molecule has 0 saturated carbocycles. The van der Waals surface area contributed by atoms with Gasteiger partial charge >= 0.3 is 0 Å². The zero-order valence-corrected chi connectivity index (χ0v) is 17.3. The lowest BCUT2D eigenvalue weighted by molar-refractivity contribution is 0.0663. The molecule has 1 fully saturated rings. The van der Waals surface area contributed by atoms with Crippen LogP contribution in [0.5, 0.6) is 5.75 Å². The van der Waals surface area contributed by atoms with Crippen LogP contribution in [-0.2, 0) is 0 Å². The maximum atomic E-state index is 10.5. The number of piperazine rings is 1. The van der Waals surface area contributed by atoms with Crippen LogP contribution in [0.15, 0.2) is 60.7 Å². The van der Waals surface area contributed by atoms with Gasteiger partial charge in [-0.05, 0) is 48.4 Å². The zero-order valence-electron chi connectivity index (χ0n) is 17.3. The molecule has 1 saturated heterocycles. The van der Waals surface area contributed by atoms with E-state index in [0.717, 1.165) is 37.3 Å². The van der Waals surface area contributed by atoms with Gasteiger partial charge in [-0.2, -0.15) is 0 Å². The molecule has 4 rings (SSSR count). The molecule has 0 aromatic heterocycles. The summed E-state index contributed by atoms with van der Waals surface area (Å²) in [6, 6.07) is 20.9. The normalized spacial score (nSPS) is 16.2. The molecule has 1 aliphatic rings. The summed E-state index contributed by atoms with van der Waals surface area (Å²) in [7, 11) is 0. The number of aliphatic hydroxyl groups excluding tert-OH is 1. The van der Waals surface area contributed by atoms with Crippen LogP contribution < -0.4 is 9.64 Å². The fourth-order valence-electron chi connectivity index (χ4n) is 4.13. The number of β-amino-alcohol motifs (C(OH)–C–C–N with tert-alkyl or cyclic N) is 1. The Labute approximate surface area is 173 Å². The Hall–Kier alpha value is -2.56. The average molecular weight is 391 g/mol. The van der Waals surface area contributed by atoms with Gasteiger partial charge in [0.25, 0.3) is 0 Å². The highest BCUT2D eigenvalue weighted by atomic mass is 16.5. The van der Waals surface area contributed by atoms with E-state index in [0.29, 0.717) is 13.2 Å². The predicted molar refractivity (Wildman–Crippen MR) is 120 cm³/mol. The second-order valence-corrected chi connectivity index (χ2v) is 8.05. The first-order chi connectivity index (χ1) is 14.1. The third-order valence-corrected chi connectivity index (χ3v) is 5.70. The van der Waals surface area contributed by atoms with Crippen molar-refractivity contribution in [1.82, 2.24) is 4.90 Å². The number of hydrogen-bond acceptors (Lipinski definition) is 4. The van der Waals surface area contributed by atoms with E-state index in [1.54, 1.807) is 0 Å². The van der Waals surface area contributed by atoms with Crippen molar-refractivity contribution in [2.45, 2.75) is 20.0 Å². The second kappa shape index (κ2) is 8.85. The van der Waals surface area contributed by atoms with Gasteiger partial charge < -0.3 is 14.7 Å². The predicted octanol–water partition coefficient (Wildman–Crippen LogP) is 4.02. The molecule has 4 nitrogen and oxygen atoms in total. The van der Waals surface area contributed by atoms with Gasteiger partial charge in [-0.3, -0.25) is 4.90 Å². The van der Waals surface area contributed by atoms with E-state index in [1.807, 2.05) is 24.3 Å². The third kappa shape index (κ3) is 4.89. The zero-order chi connectivity index (χ0) is 20.2. The van der Waals surface area contributed by atoms with Crippen LogP contribution in [0.25, 0.3) is 10.8 Å². The summed E-state index contributed by atoms with van der Waals surface area (Å²) in [5, 5.41) is 12.8. The first-order valence-corrected chi connectivity index (χ1v) is 10.4. The van der Waals surface area contributed by atoms with Crippen LogP contribution in [0.4, 0.5) is 5.69 Å². The number of anilines is 1. The van der Waals surface area contributed by atoms with Gasteiger partial charge in [0, 0.05) is 38.4 Å². The number of rotatable bonds is 6. The first kappa shape index (κ1) is 19.7. The van der Waals surface area contributed by atoms with Gasteiger partial charge in [0.1, 0.15) is 18.5 Å². The van der Waals surface area contributed by atoms with Crippen molar-refractivity contribution in [3.05, 3.63) is 71.8 Å². The Morgan fingerprint density at radius 2 is 1.66 bits per heavy atom. The minimum absolute atomic E-state index is 0.315. The molecular formula is C25H30N2O2. The summed E-state index contributed by atoms with van der Waals surface area (Å²) in [6.07, 6.45) is -0.492. The molecule has 1 heterocycles. The summed E-state index contributed by atoms with van der Waals surface area (Å²) < 4.78 is 5.85. The molecule has 0 unspecified atom stereocenters. The highest BCUT2D eigenvalue weighted by Crippen LogP contribution is 2.23. The lowest BCUT2D eigenvalue weighted by Gasteiger charge is -2.37. The second-order valence-electron chi connectivity index (χ2n) is 8.05. The molecule has 29 heavy (non-hydrogen) atoms. The van der Waals surface area contributed by atoms with Crippen molar-refractivity contribution < 1.29 is 9.84 Å². The van der Waals surface area contributed by atoms with Gasteiger partial charge in [0.2, 0.25) is 0 Å². The van der Waals surface area contributed by atoms with Crippen LogP contribution in [-0.4, -0.2) is 55.4 Å². The third-order valence-electron chi connectivity index (χ3n) is 5.70. The SMILES string of the molecule is Cc1ccc(N2CCN(C[C@@H](O)COc3ccc4ccccc4c3)CC2)c(C)c1. The Bertz CT molecular complexity index is 964. The number of benzene rings is 3. The summed E-state index contributed by atoms with van der Waals surface area (Å²) in [4.78, 5) is 4.78. The summed E-state index contributed by atoms with van der Waals surface area (Å²) in [5.41, 5.74) is 3.97. The van der Waals surface area contributed by atoms with E-state index >= 15 is 0 Å². The van der Waals surface area contributed by atoms with E-state index in [1.165, 1.54) is 22.2 Å². The van der Waals surface area contributed by atoms with E-state index in [2.05, 4.69) is 60.0 Å². The Morgan fingerprint density at radius 3 is 2.41 bits per heavy atom. The highest BCUT2D eigenvalue weighted by Gasteiger charge is 2.20. The number of hydrogen-bond donors (Lipinski definition) is 1. The molecule has 0 amide bonds. The number of aryl methyl sites for hydroxylation is 2. The quantitative estimate of drug-likeness (QED) is 0.690. The number of nitrogens with zero attached hydrogens (tertiary/aromatic N) is 2. The minimum atomic E-state index is -0.492. The van der Waals surface area contributed by atoms with Gasteiger partial charge in [0.15, 0.2) is 0 Å². The maximum Gasteiger partial charge on any atom is 0.120 e. The molecule has 0 aliphatic carbocycles. The maximum absolute atomic E-state index is 10.5. The van der Waals surface area contributed by atoms with E-state index < -0.39 is 6.10 Å². The van der Waals surface area contributed by atoms with Crippen LogP contribution >= 0.6 is 0 Å². The van der Waals surface area contributed by atoms with E-state index in [-0.39, 0.29) is 0 Å². The Morgan fingerprint density at radius 1 is 0.897 bits per heavy atom. The lowest BCUT2D eigenvalue weighted by atomic mass is 10.1. The Balaban J connectivity index is 1.25. The average Bonchev–Trinajstić information content (AvgIpc) is 2.73. The van der Waals surface area contributed by atoms with Crippen LogP contribution in [0.2, 0.25) is 0 Å². The fraction of sp³-hybridized carbons (Fsp3) is 0.360. The largest absolute Gasteiger partial charge is 0.491 e. The summed E-state index contributed by atoms with van der Waals surface area (Å²) >= 11 is 0. The highest BCUT2D eigenvalue weighted by molar-refractivity contribution is 5.83. The molecule has 3 aromatic rings. The van der Waals surface area contributed by atoms with E-state index in [4.69, 9.17) is 4.74 Å². The van der Waals surface area contributed by atoms with Crippen molar-refractivity contribution in [3.8, 4) is 5.75 Å². The molecular weight excluding hydrogens is 360 g/mol. The molecule has 0 radical (unpaired) electrons. The molecule has 1 atom stereocenters. The van der Waals surface area contributed by atoms with Gasteiger partial charge in [-0.15, -0.1) is 0 Å². The van der Waals surface area contributed by atoms with Gasteiger partial charge in [-0.25, -0.2) is 0 Å². The summed E-state index contributed by atoms with van der Waals surface area (Å²) in [6.45, 7) is 9.17. The molecule has 0 bridgehead atoms. The van der Waals surface area contributed by atoms with Crippen molar-refractivity contribution in [2.24, 2.45) is 0 Å². The molecule has 152 valence electrons. The van der Waals surface area contributed by atoms with Crippen molar-refractivity contribution in [3.63, 3.8) is 0 Å². The topological polar surface area (TPSA) is 35.9 Å².